The van der Waals surface area contributed by atoms with Gasteiger partial charge in [-0.3, -0.25) is 4.79 Å². The van der Waals surface area contributed by atoms with Crippen LogP contribution in [0.25, 0.3) is 0 Å². The van der Waals surface area contributed by atoms with Crippen LogP contribution in [0.4, 0.5) is 0 Å². The highest BCUT2D eigenvalue weighted by Gasteiger charge is 2.29. The van der Waals surface area contributed by atoms with Gasteiger partial charge < -0.3 is 9.47 Å². The predicted molar refractivity (Wildman–Crippen MR) is 83.7 cm³/mol. The number of hydrogen-bond donors (Lipinski definition) is 0. The van der Waals surface area contributed by atoms with Gasteiger partial charge in [0.15, 0.2) is 0 Å². The summed E-state index contributed by atoms with van der Waals surface area (Å²) >= 11 is 5.79. The summed E-state index contributed by atoms with van der Waals surface area (Å²) in [5.41, 5.74) is 0. The number of esters is 2. The number of carbonyl (C=O) groups is 2. The van der Waals surface area contributed by atoms with Crippen LogP contribution >= 0.6 is 11.6 Å². The van der Waals surface area contributed by atoms with E-state index in [1.807, 2.05) is 0 Å². The van der Waals surface area contributed by atoms with Crippen LogP contribution < -0.4 is 4.74 Å². The first-order valence-corrected chi connectivity index (χ1v) is 7.77. The van der Waals surface area contributed by atoms with Crippen molar-refractivity contribution in [3.63, 3.8) is 0 Å². The second-order valence-electron chi connectivity index (χ2n) is 5.29. The van der Waals surface area contributed by atoms with Gasteiger partial charge in [0, 0.05) is 11.1 Å². The lowest BCUT2D eigenvalue weighted by Crippen LogP contribution is -2.29. The third-order valence-electron chi connectivity index (χ3n) is 3.63. The van der Waals surface area contributed by atoms with Crippen LogP contribution in [-0.2, 0) is 14.3 Å². The summed E-state index contributed by atoms with van der Waals surface area (Å²) in [6.45, 7) is 1.77. The van der Waals surface area contributed by atoms with Crippen LogP contribution in [-0.4, -0.2) is 18.0 Å². The summed E-state index contributed by atoms with van der Waals surface area (Å²) in [7, 11) is 0. The fourth-order valence-electron chi connectivity index (χ4n) is 2.46. The minimum absolute atomic E-state index is 0.108. The molecule has 0 saturated heterocycles. The maximum Gasteiger partial charge on any atom is 0.330 e. The molecule has 118 valence electrons. The van der Waals surface area contributed by atoms with Crippen LogP contribution in [0, 0.1) is 5.92 Å². The molecule has 1 aliphatic carbocycles. The fourth-order valence-corrected chi connectivity index (χ4v) is 2.58. The Bertz CT molecular complexity index is 542. The van der Waals surface area contributed by atoms with Gasteiger partial charge in [0.1, 0.15) is 11.9 Å². The quantitative estimate of drug-likeness (QED) is 0.479. The van der Waals surface area contributed by atoms with Crippen molar-refractivity contribution >= 4 is 23.5 Å². The van der Waals surface area contributed by atoms with Crippen LogP contribution in [0.2, 0.25) is 5.02 Å². The predicted octanol–water partition coefficient (Wildman–Crippen LogP) is 3.92. The maximum absolute atomic E-state index is 12.1. The SMILES string of the molecule is C/C=C/C(=O)O[C@H]1CC[C@H](C(=O)Oc2ccc(Cl)cc2)CC1. The van der Waals surface area contributed by atoms with Crippen molar-refractivity contribution in [3.05, 3.63) is 41.4 Å². The minimum atomic E-state index is -0.324. The first-order valence-electron chi connectivity index (χ1n) is 7.39. The Kier molecular flexibility index (Phi) is 6.01. The zero-order valence-corrected chi connectivity index (χ0v) is 13.2. The summed E-state index contributed by atoms with van der Waals surface area (Å²) < 4.78 is 10.6. The van der Waals surface area contributed by atoms with E-state index in [2.05, 4.69) is 0 Å². The average Bonchev–Trinajstić information content (AvgIpc) is 2.50. The molecular formula is C17H19ClO4. The van der Waals surface area contributed by atoms with Crippen molar-refractivity contribution in [2.45, 2.75) is 38.7 Å². The third-order valence-corrected chi connectivity index (χ3v) is 3.88. The van der Waals surface area contributed by atoms with Gasteiger partial charge >= 0.3 is 11.9 Å². The number of rotatable bonds is 4. The molecule has 22 heavy (non-hydrogen) atoms. The van der Waals surface area contributed by atoms with Gasteiger partial charge in [-0.05, 0) is 56.9 Å². The molecule has 0 spiro atoms. The normalized spacial score (nSPS) is 21.5. The lowest BCUT2D eigenvalue weighted by molar-refractivity contribution is -0.147. The summed E-state index contributed by atoms with van der Waals surface area (Å²) in [4.78, 5) is 23.5. The molecule has 0 heterocycles. The molecule has 1 fully saturated rings. The van der Waals surface area contributed by atoms with Gasteiger partial charge in [-0.25, -0.2) is 4.79 Å². The lowest BCUT2D eigenvalue weighted by Gasteiger charge is -2.26. The molecule has 0 atom stereocenters. The molecule has 0 bridgehead atoms. The van der Waals surface area contributed by atoms with Crippen molar-refractivity contribution in [1.29, 1.82) is 0 Å². The average molecular weight is 323 g/mol. The minimum Gasteiger partial charge on any atom is -0.459 e. The molecule has 0 aliphatic heterocycles. The second-order valence-corrected chi connectivity index (χ2v) is 5.72. The van der Waals surface area contributed by atoms with E-state index in [0.717, 1.165) is 0 Å². The fraction of sp³-hybridized carbons (Fsp3) is 0.412. The van der Waals surface area contributed by atoms with Crippen molar-refractivity contribution < 1.29 is 19.1 Å². The number of allylic oxidation sites excluding steroid dienone is 1. The molecule has 0 aromatic heterocycles. The third kappa shape index (κ3) is 4.88. The van der Waals surface area contributed by atoms with E-state index in [9.17, 15) is 9.59 Å². The molecule has 1 saturated carbocycles. The summed E-state index contributed by atoms with van der Waals surface area (Å²) in [6, 6.07) is 6.71. The van der Waals surface area contributed by atoms with Crippen molar-refractivity contribution in [3.8, 4) is 5.75 Å². The van der Waals surface area contributed by atoms with Crippen LogP contribution in [0.1, 0.15) is 32.6 Å². The number of ether oxygens (including phenoxy) is 2. The molecular weight excluding hydrogens is 304 g/mol. The molecule has 0 amide bonds. The van der Waals surface area contributed by atoms with E-state index in [4.69, 9.17) is 21.1 Å². The van der Waals surface area contributed by atoms with Crippen molar-refractivity contribution in [1.82, 2.24) is 0 Å². The molecule has 1 aromatic rings. The molecule has 0 unspecified atom stereocenters. The molecule has 5 heteroatoms. The number of carbonyl (C=O) groups excluding carboxylic acids is 2. The van der Waals surface area contributed by atoms with E-state index in [0.29, 0.717) is 36.5 Å². The van der Waals surface area contributed by atoms with E-state index < -0.39 is 0 Å². The van der Waals surface area contributed by atoms with Crippen molar-refractivity contribution in [2.24, 2.45) is 5.92 Å². The molecule has 0 radical (unpaired) electrons. The van der Waals surface area contributed by atoms with Gasteiger partial charge in [-0.1, -0.05) is 17.7 Å². The van der Waals surface area contributed by atoms with E-state index in [1.165, 1.54) is 6.08 Å². The standard InChI is InChI=1S/C17H19ClO4/c1-2-3-16(19)21-14-8-4-12(5-9-14)17(20)22-15-10-6-13(18)7-11-15/h2-3,6-7,10-12,14H,4-5,8-9H2,1H3/b3-2+/t12-,14-. The number of halogens is 1. The topological polar surface area (TPSA) is 52.6 Å². The van der Waals surface area contributed by atoms with Crippen LogP contribution in [0.5, 0.6) is 5.75 Å². The maximum atomic E-state index is 12.1. The van der Waals surface area contributed by atoms with Crippen LogP contribution in [0.15, 0.2) is 36.4 Å². The second kappa shape index (κ2) is 7.99. The van der Waals surface area contributed by atoms with Crippen molar-refractivity contribution in [2.75, 3.05) is 0 Å². The Labute approximate surface area is 135 Å². The largest absolute Gasteiger partial charge is 0.459 e. The molecule has 0 N–H and O–H groups in total. The summed E-state index contributed by atoms with van der Waals surface area (Å²) in [5.74, 6) is -0.210. The summed E-state index contributed by atoms with van der Waals surface area (Å²) in [6.07, 6.45) is 5.65. The molecule has 1 aromatic carbocycles. The van der Waals surface area contributed by atoms with Gasteiger partial charge in [-0.15, -0.1) is 0 Å². The zero-order valence-electron chi connectivity index (χ0n) is 12.5. The highest BCUT2D eigenvalue weighted by atomic mass is 35.5. The Morgan fingerprint density at radius 1 is 1.14 bits per heavy atom. The summed E-state index contributed by atoms with van der Waals surface area (Å²) in [5, 5.41) is 0.600. The Hall–Kier alpha value is -1.81. The van der Waals surface area contributed by atoms with Crippen LogP contribution in [0.3, 0.4) is 0 Å². The van der Waals surface area contributed by atoms with Gasteiger partial charge in [-0.2, -0.15) is 0 Å². The Morgan fingerprint density at radius 3 is 2.36 bits per heavy atom. The number of hydrogen-bond acceptors (Lipinski definition) is 4. The smallest absolute Gasteiger partial charge is 0.330 e. The monoisotopic (exact) mass is 322 g/mol. The molecule has 1 aliphatic rings. The first kappa shape index (κ1) is 16.6. The van der Waals surface area contributed by atoms with E-state index in [1.54, 1.807) is 37.3 Å². The zero-order chi connectivity index (χ0) is 15.9. The highest BCUT2D eigenvalue weighted by Crippen LogP contribution is 2.28. The Morgan fingerprint density at radius 2 is 1.77 bits per heavy atom. The lowest BCUT2D eigenvalue weighted by atomic mass is 9.87. The van der Waals surface area contributed by atoms with Gasteiger partial charge in [0.25, 0.3) is 0 Å². The van der Waals surface area contributed by atoms with Gasteiger partial charge in [0.2, 0.25) is 0 Å². The van der Waals surface area contributed by atoms with E-state index in [-0.39, 0.29) is 24.0 Å². The molecule has 4 nitrogen and oxygen atoms in total. The first-order chi connectivity index (χ1) is 10.6. The van der Waals surface area contributed by atoms with Gasteiger partial charge in [0.05, 0.1) is 5.92 Å². The van der Waals surface area contributed by atoms with E-state index >= 15 is 0 Å². The molecule has 2 rings (SSSR count). The number of benzene rings is 1. The highest BCUT2D eigenvalue weighted by molar-refractivity contribution is 6.30. The Balaban J connectivity index is 1.79.